The zero-order valence-corrected chi connectivity index (χ0v) is 10.5. The molecule has 2 rings (SSSR count). The van der Waals surface area contributed by atoms with E-state index in [0.717, 1.165) is 32.4 Å². The van der Waals surface area contributed by atoms with Crippen LogP contribution in [0.3, 0.4) is 0 Å². The van der Waals surface area contributed by atoms with Gasteiger partial charge < -0.3 is 10.2 Å². The number of nitrogens with zero attached hydrogens (tertiary/aromatic N) is 1. The number of rotatable bonds is 3. The van der Waals surface area contributed by atoms with Gasteiger partial charge in [-0.1, -0.05) is 20.3 Å². The summed E-state index contributed by atoms with van der Waals surface area (Å²) in [5, 5.41) is 3.61. The summed E-state index contributed by atoms with van der Waals surface area (Å²) in [6, 6.07) is 1.23. The van der Waals surface area contributed by atoms with Gasteiger partial charge in [-0.05, 0) is 25.7 Å². The first-order chi connectivity index (χ1) is 7.70. The number of carbonyl (C=O) groups excluding carboxylic acids is 1. The maximum Gasteiger partial charge on any atom is 0.225 e. The molecule has 3 nitrogen and oxygen atoms in total. The van der Waals surface area contributed by atoms with E-state index in [-0.39, 0.29) is 5.92 Å². The highest BCUT2D eigenvalue weighted by atomic mass is 16.2. The summed E-state index contributed by atoms with van der Waals surface area (Å²) in [6.07, 6.45) is 5.82. The lowest BCUT2D eigenvalue weighted by molar-refractivity contribution is -0.135. The second-order valence-corrected chi connectivity index (χ2v) is 5.40. The molecule has 0 aromatic carbocycles. The number of fused-ring (bicyclic) bond motifs is 2. The highest BCUT2D eigenvalue weighted by Crippen LogP contribution is 2.22. The van der Waals surface area contributed by atoms with Crippen LogP contribution in [0.4, 0.5) is 0 Å². The smallest absolute Gasteiger partial charge is 0.225 e. The van der Waals surface area contributed by atoms with Gasteiger partial charge in [0, 0.05) is 31.1 Å². The van der Waals surface area contributed by atoms with Gasteiger partial charge in [-0.25, -0.2) is 0 Å². The van der Waals surface area contributed by atoms with Gasteiger partial charge in [0.1, 0.15) is 0 Å². The molecule has 0 radical (unpaired) electrons. The molecule has 3 unspecified atom stereocenters. The Morgan fingerprint density at radius 1 is 1.38 bits per heavy atom. The molecule has 0 aliphatic carbocycles. The fourth-order valence-electron chi connectivity index (χ4n) is 3.01. The van der Waals surface area contributed by atoms with Crippen LogP contribution in [-0.4, -0.2) is 36.0 Å². The fourth-order valence-corrected chi connectivity index (χ4v) is 3.01. The lowest BCUT2D eigenvalue weighted by Crippen LogP contribution is -2.41. The largest absolute Gasteiger partial charge is 0.341 e. The number of hydrogen-bond acceptors (Lipinski definition) is 2. The monoisotopic (exact) mass is 224 g/mol. The van der Waals surface area contributed by atoms with E-state index >= 15 is 0 Å². The SMILES string of the molecule is CCCC(C)C(=O)N1CCC2CCC(C1)N2. The topological polar surface area (TPSA) is 32.3 Å². The van der Waals surface area contributed by atoms with Crippen molar-refractivity contribution in [3.05, 3.63) is 0 Å². The Kier molecular flexibility index (Phi) is 3.85. The summed E-state index contributed by atoms with van der Waals surface area (Å²) >= 11 is 0. The van der Waals surface area contributed by atoms with Crippen LogP contribution < -0.4 is 5.32 Å². The van der Waals surface area contributed by atoms with Crippen LogP contribution in [0.15, 0.2) is 0 Å². The molecule has 2 aliphatic rings. The zero-order valence-electron chi connectivity index (χ0n) is 10.5. The predicted molar refractivity (Wildman–Crippen MR) is 65.2 cm³/mol. The third kappa shape index (κ3) is 2.57. The van der Waals surface area contributed by atoms with Crippen LogP contribution in [0.25, 0.3) is 0 Å². The number of nitrogens with one attached hydrogen (secondary N) is 1. The van der Waals surface area contributed by atoms with E-state index in [1.165, 1.54) is 12.8 Å². The first-order valence-corrected chi connectivity index (χ1v) is 6.75. The second-order valence-electron chi connectivity index (χ2n) is 5.40. The Morgan fingerprint density at radius 3 is 2.88 bits per heavy atom. The first kappa shape index (κ1) is 11.9. The van der Waals surface area contributed by atoms with Crippen molar-refractivity contribution in [1.29, 1.82) is 0 Å². The molecule has 2 bridgehead atoms. The molecule has 16 heavy (non-hydrogen) atoms. The predicted octanol–water partition coefficient (Wildman–Crippen LogP) is 1.78. The van der Waals surface area contributed by atoms with Crippen molar-refractivity contribution in [2.45, 2.75) is 58.0 Å². The number of carbonyl (C=O) groups is 1. The Labute approximate surface area is 98.6 Å². The molecule has 2 fully saturated rings. The number of amides is 1. The normalized spacial score (nSPS) is 31.2. The molecule has 2 saturated heterocycles. The lowest BCUT2D eigenvalue weighted by Gasteiger charge is -2.27. The van der Waals surface area contributed by atoms with Crippen molar-refractivity contribution in [2.24, 2.45) is 5.92 Å². The van der Waals surface area contributed by atoms with Crippen molar-refractivity contribution >= 4 is 5.91 Å². The Morgan fingerprint density at radius 2 is 2.12 bits per heavy atom. The van der Waals surface area contributed by atoms with Gasteiger partial charge in [0.15, 0.2) is 0 Å². The second kappa shape index (κ2) is 5.17. The van der Waals surface area contributed by atoms with Crippen LogP contribution in [0.2, 0.25) is 0 Å². The summed E-state index contributed by atoms with van der Waals surface area (Å²) in [5.74, 6) is 0.581. The number of likely N-dealkylation sites (tertiary alicyclic amines) is 1. The number of hydrogen-bond donors (Lipinski definition) is 1. The van der Waals surface area contributed by atoms with E-state index in [4.69, 9.17) is 0 Å². The van der Waals surface area contributed by atoms with E-state index in [0.29, 0.717) is 18.0 Å². The molecular formula is C13H24N2O. The molecule has 0 spiro atoms. The van der Waals surface area contributed by atoms with Gasteiger partial charge in [0.05, 0.1) is 0 Å². The van der Waals surface area contributed by atoms with E-state index < -0.39 is 0 Å². The highest BCUT2D eigenvalue weighted by Gasteiger charge is 2.32. The molecule has 1 amide bonds. The van der Waals surface area contributed by atoms with E-state index in [9.17, 15) is 4.79 Å². The summed E-state index contributed by atoms with van der Waals surface area (Å²) in [5.41, 5.74) is 0. The summed E-state index contributed by atoms with van der Waals surface area (Å²) in [6.45, 7) is 6.11. The standard InChI is InChI=1S/C13H24N2O/c1-3-4-10(2)13(16)15-8-7-11-5-6-12(9-15)14-11/h10-12,14H,3-9H2,1-2H3. The van der Waals surface area contributed by atoms with Crippen LogP contribution in [-0.2, 0) is 4.79 Å². The molecule has 0 aromatic rings. The van der Waals surface area contributed by atoms with Gasteiger partial charge in [-0.15, -0.1) is 0 Å². The quantitative estimate of drug-likeness (QED) is 0.792. The van der Waals surface area contributed by atoms with Crippen molar-refractivity contribution in [3.8, 4) is 0 Å². The average molecular weight is 224 g/mol. The molecular weight excluding hydrogens is 200 g/mol. The van der Waals surface area contributed by atoms with Crippen LogP contribution in [0, 0.1) is 5.92 Å². The summed E-state index contributed by atoms with van der Waals surface area (Å²) in [4.78, 5) is 14.3. The molecule has 92 valence electrons. The Bertz CT molecular complexity index is 254. The molecule has 1 N–H and O–H groups in total. The molecule has 0 aromatic heterocycles. The minimum absolute atomic E-state index is 0.210. The molecule has 2 aliphatic heterocycles. The maximum atomic E-state index is 12.2. The maximum absolute atomic E-state index is 12.2. The third-order valence-electron chi connectivity index (χ3n) is 3.98. The minimum Gasteiger partial charge on any atom is -0.341 e. The van der Waals surface area contributed by atoms with Gasteiger partial charge in [-0.2, -0.15) is 0 Å². The van der Waals surface area contributed by atoms with Gasteiger partial charge in [0.2, 0.25) is 5.91 Å². The third-order valence-corrected chi connectivity index (χ3v) is 3.98. The van der Waals surface area contributed by atoms with E-state index in [2.05, 4.69) is 24.1 Å². The molecule has 0 saturated carbocycles. The average Bonchev–Trinajstić information content (AvgIpc) is 2.58. The van der Waals surface area contributed by atoms with Crippen LogP contribution in [0.1, 0.15) is 46.0 Å². The van der Waals surface area contributed by atoms with Crippen molar-refractivity contribution in [1.82, 2.24) is 10.2 Å². The van der Waals surface area contributed by atoms with Gasteiger partial charge in [-0.3, -0.25) is 4.79 Å². The highest BCUT2D eigenvalue weighted by molar-refractivity contribution is 5.78. The van der Waals surface area contributed by atoms with Gasteiger partial charge >= 0.3 is 0 Å². The van der Waals surface area contributed by atoms with Crippen LogP contribution >= 0.6 is 0 Å². The van der Waals surface area contributed by atoms with Crippen molar-refractivity contribution in [2.75, 3.05) is 13.1 Å². The summed E-state index contributed by atoms with van der Waals surface area (Å²) < 4.78 is 0. The first-order valence-electron chi connectivity index (χ1n) is 6.75. The molecule has 2 heterocycles. The van der Waals surface area contributed by atoms with E-state index in [1.54, 1.807) is 0 Å². The van der Waals surface area contributed by atoms with Crippen molar-refractivity contribution < 1.29 is 4.79 Å². The van der Waals surface area contributed by atoms with E-state index in [1.807, 2.05) is 0 Å². The minimum atomic E-state index is 0.210. The Balaban J connectivity index is 1.91. The lowest BCUT2D eigenvalue weighted by atomic mass is 10.0. The summed E-state index contributed by atoms with van der Waals surface area (Å²) in [7, 11) is 0. The van der Waals surface area contributed by atoms with Crippen LogP contribution in [0.5, 0.6) is 0 Å². The molecule has 3 atom stereocenters. The van der Waals surface area contributed by atoms with Crippen molar-refractivity contribution in [3.63, 3.8) is 0 Å². The zero-order chi connectivity index (χ0) is 11.5. The fraction of sp³-hybridized carbons (Fsp3) is 0.923. The Hall–Kier alpha value is -0.570. The molecule has 3 heteroatoms. The van der Waals surface area contributed by atoms with Gasteiger partial charge in [0.25, 0.3) is 0 Å².